The Morgan fingerprint density at radius 2 is 1.82 bits per heavy atom. The highest BCUT2D eigenvalue weighted by molar-refractivity contribution is 4.89. The SMILES string of the molecule is c1ccn(CCCCCCC2CCCCO2)c1. The number of aromatic nitrogens is 1. The third-order valence-electron chi connectivity index (χ3n) is 3.63. The number of hydrogen-bond acceptors (Lipinski definition) is 1. The van der Waals surface area contributed by atoms with E-state index in [2.05, 4.69) is 29.1 Å². The molecule has 1 saturated heterocycles. The maximum Gasteiger partial charge on any atom is 0.0575 e. The summed E-state index contributed by atoms with van der Waals surface area (Å²) in [4.78, 5) is 0. The topological polar surface area (TPSA) is 14.2 Å². The second-order valence-electron chi connectivity index (χ2n) is 5.11. The van der Waals surface area contributed by atoms with Gasteiger partial charge in [0.25, 0.3) is 0 Å². The molecule has 0 bridgehead atoms. The fourth-order valence-electron chi connectivity index (χ4n) is 2.57. The summed E-state index contributed by atoms with van der Waals surface area (Å²) in [5, 5.41) is 0. The van der Waals surface area contributed by atoms with Crippen LogP contribution in [-0.2, 0) is 11.3 Å². The van der Waals surface area contributed by atoms with Gasteiger partial charge < -0.3 is 9.30 Å². The second-order valence-corrected chi connectivity index (χ2v) is 5.11. The lowest BCUT2D eigenvalue weighted by Gasteiger charge is -2.22. The van der Waals surface area contributed by atoms with E-state index >= 15 is 0 Å². The molecular formula is C15H25NO. The molecule has 2 heterocycles. The van der Waals surface area contributed by atoms with Crippen molar-refractivity contribution in [1.29, 1.82) is 0 Å². The average molecular weight is 235 g/mol. The Balaban J connectivity index is 1.43. The number of rotatable bonds is 7. The summed E-state index contributed by atoms with van der Waals surface area (Å²) < 4.78 is 8.01. The minimum Gasteiger partial charge on any atom is -0.378 e. The zero-order valence-electron chi connectivity index (χ0n) is 10.8. The molecular weight excluding hydrogens is 210 g/mol. The van der Waals surface area contributed by atoms with Crippen molar-refractivity contribution < 1.29 is 4.74 Å². The van der Waals surface area contributed by atoms with Crippen LogP contribution in [0.25, 0.3) is 0 Å². The molecule has 17 heavy (non-hydrogen) atoms. The fourth-order valence-corrected chi connectivity index (χ4v) is 2.57. The predicted molar refractivity (Wildman–Crippen MR) is 71.1 cm³/mol. The van der Waals surface area contributed by atoms with E-state index in [1.54, 1.807) is 0 Å². The Bertz CT molecular complexity index is 275. The molecule has 96 valence electrons. The van der Waals surface area contributed by atoms with Gasteiger partial charge in [-0.15, -0.1) is 0 Å². The quantitative estimate of drug-likeness (QED) is 0.651. The standard InChI is InChI=1S/C15H25NO/c1(2-5-11-16-12-6-7-13-16)3-9-15-10-4-8-14-17-15/h6-7,12-13,15H,1-5,8-11,14H2. The summed E-state index contributed by atoms with van der Waals surface area (Å²) in [6.07, 6.45) is 15.5. The van der Waals surface area contributed by atoms with E-state index in [1.807, 2.05) is 0 Å². The van der Waals surface area contributed by atoms with Crippen LogP contribution in [0, 0.1) is 0 Å². The van der Waals surface area contributed by atoms with Crippen LogP contribution in [-0.4, -0.2) is 17.3 Å². The van der Waals surface area contributed by atoms with Gasteiger partial charge in [-0.05, 0) is 44.2 Å². The Kier molecular flexibility index (Phi) is 5.63. The maximum atomic E-state index is 5.74. The molecule has 2 nitrogen and oxygen atoms in total. The van der Waals surface area contributed by atoms with Crippen LogP contribution in [0.4, 0.5) is 0 Å². The molecule has 0 spiro atoms. The molecule has 1 unspecified atom stereocenters. The van der Waals surface area contributed by atoms with Crippen LogP contribution in [0.2, 0.25) is 0 Å². The Hall–Kier alpha value is -0.760. The Labute approximate surface area is 105 Å². The van der Waals surface area contributed by atoms with Gasteiger partial charge in [0.05, 0.1) is 6.10 Å². The van der Waals surface area contributed by atoms with Crippen molar-refractivity contribution in [3.63, 3.8) is 0 Å². The molecule has 1 aromatic rings. The first kappa shape index (κ1) is 12.7. The van der Waals surface area contributed by atoms with Gasteiger partial charge in [0.1, 0.15) is 0 Å². The second kappa shape index (κ2) is 7.54. The van der Waals surface area contributed by atoms with Crippen LogP contribution in [0.5, 0.6) is 0 Å². The molecule has 0 aliphatic carbocycles. The highest BCUT2D eigenvalue weighted by Crippen LogP contribution is 2.18. The largest absolute Gasteiger partial charge is 0.378 e. The molecule has 0 amide bonds. The van der Waals surface area contributed by atoms with Gasteiger partial charge in [-0.25, -0.2) is 0 Å². The Morgan fingerprint density at radius 1 is 1.00 bits per heavy atom. The van der Waals surface area contributed by atoms with Crippen LogP contribution < -0.4 is 0 Å². The van der Waals surface area contributed by atoms with E-state index in [0.29, 0.717) is 6.10 Å². The van der Waals surface area contributed by atoms with Crippen molar-refractivity contribution in [2.45, 2.75) is 64.0 Å². The predicted octanol–water partition coefficient (Wildman–Crippen LogP) is 4.01. The minimum absolute atomic E-state index is 0.577. The van der Waals surface area contributed by atoms with Crippen LogP contribution in [0.15, 0.2) is 24.5 Å². The van der Waals surface area contributed by atoms with E-state index < -0.39 is 0 Å². The van der Waals surface area contributed by atoms with Crippen LogP contribution >= 0.6 is 0 Å². The number of nitrogens with zero attached hydrogens (tertiary/aromatic N) is 1. The summed E-state index contributed by atoms with van der Waals surface area (Å²) >= 11 is 0. The maximum absolute atomic E-state index is 5.74. The Morgan fingerprint density at radius 3 is 2.59 bits per heavy atom. The molecule has 1 aliphatic rings. The van der Waals surface area contributed by atoms with E-state index in [-0.39, 0.29) is 0 Å². The summed E-state index contributed by atoms with van der Waals surface area (Å²) in [5.74, 6) is 0. The first-order valence-electron chi connectivity index (χ1n) is 7.17. The van der Waals surface area contributed by atoms with Gasteiger partial charge in [-0.1, -0.05) is 19.3 Å². The van der Waals surface area contributed by atoms with E-state index in [4.69, 9.17) is 4.74 Å². The van der Waals surface area contributed by atoms with Crippen molar-refractivity contribution in [2.24, 2.45) is 0 Å². The molecule has 0 radical (unpaired) electrons. The lowest BCUT2D eigenvalue weighted by molar-refractivity contribution is 0.00976. The van der Waals surface area contributed by atoms with Crippen LogP contribution in [0.1, 0.15) is 51.4 Å². The first-order valence-corrected chi connectivity index (χ1v) is 7.17. The number of aryl methyl sites for hydroxylation is 1. The molecule has 0 saturated carbocycles. The van der Waals surface area contributed by atoms with Crippen molar-refractivity contribution >= 4 is 0 Å². The van der Waals surface area contributed by atoms with Crippen molar-refractivity contribution in [2.75, 3.05) is 6.61 Å². The molecule has 1 aliphatic heterocycles. The summed E-state index contributed by atoms with van der Waals surface area (Å²) in [6, 6.07) is 4.20. The van der Waals surface area contributed by atoms with Gasteiger partial charge in [0, 0.05) is 25.5 Å². The number of hydrogen-bond donors (Lipinski definition) is 0. The van der Waals surface area contributed by atoms with Crippen molar-refractivity contribution in [1.82, 2.24) is 4.57 Å². The zero-order valence-corrected chi connectivity index (χ0v) is 10.8. The van der Waals surface area contributed by atoms with Crippen molar-refractivity contribution in [3.8, 4) is 0 Å². The highest BCUT2D eigenvalue weighted by Gasteiger charge is 2.12. The average Bonchev–Trinajstić information content (AvgIpc) is 2.88. The first-order chi connectivity index (χ1) is 8.45. The summed E-state index contributed by atoms with van der Waals surface area (Å²) in [5.41, 5.74) is 0. The lowest BCUT2D eigenvalue weighted by Crippen LogP contribution is -2.18. The molecule has 2 rings (SSSR count). The molecule has 1 fully saturated rings. The lowest BCUT2D eigenvalue weighted by atomic mass is 10.0. The van der Waals surface area contributed by atoms with Gasteiger partial charge >= 0.3 is 0 Å². The van der Waals surface area contributed by atoms with Gasteiger partial charge in [0.15, 0.2) is 0 Å². The molecule has 1 atom stereocenters. The monoisotopic (exact) mass is 235 g/mol. The smallest absolute Gasteiger partial charge is 0.0575 e. The zero-order chi connectivity index (χ0) is 11.8. The van der Waals surface area contributed by atoms with Gasteiger partial charge in [-0.3, -0.25) is 0 Å². The van der Waals surface area contributed by atoms with Crippen LogP contribution in [0.3, 0.4) is 0 Å². The highest BCUT2D eigenvalue weighted by atomic mass is 16.5. The number of unbranched alkanes of at least 4 members (excludes halogenated alkanes) is 3. The molecule has 2 heteroatoms. The molecule has 0 N–H and O–H groups in total. The summed E-state index contributed by atoms with van der Waals surface area (Å²) in [6.45, 7) is 2.17. The minimum atomic E-state index is 0.577. The molecule has 0 aromatic carbocycles. The molecule has 1 aromatic heterocycles. The van der Waals surface area contributed by atoms with E-state index in [9.17, 15) is 0 Å². The van der Waals surface area contributed by atoms with Gasteiger partial charge in [-0.2, -0.15) is 0 Å². The van der Waals surface area contributed by atoms with E-state index in [1.165, 1.54) is 57.9 Å². The van der Waals surface area contributed by atoms with E-state index in [0.717, 1.165) is 6.61 Å². The third kappa shape index (κ3) is 4.95. The summed E-state index contributed by atoms with van der Waals surface area (Å²) in [7, 11) is 0. The van der Waals surface area contributed by atoms with Gasteiger partial charge in [0.2, 0.25) is 0 Å². The normalized spacial score (nSPS) is 20.6. The van der Waals surface area contributed by atoms with Crippen molar-refractivity contribution in [3.05, 3.63) is 24.5 Å². The third-order valence-corrected chi connectivity index (χ3v) is 3.63. The fraction of sp³-hybridized carbons (Fsp3) is 0.733. The number of ether oxygens (including phenoxy) is 1.